The molecular formula is C10H9NO3. The molecule has 1 heterocycles. The van der Waals surface area contributed by atoms with Gasteiger partial charge in [-0.3, -0.25) is 0 Å². The zero-order valence-corrected chi connectivity index (χ0v) is 7.36. The molecule has 0 saturated carbocycles. The Balaban J connectivity index is 2.79. The highest BCUT2D eigenvalue weighted by Gasteiger charge is 2.03. The van der Waals surface area contributed by atoms with Crippen LogP contribution in [0.4, 0.5) is 5.69 Å². The van der Waals surface area contributed by atoms with E-state index in [1.54, 1.807) is 24.3 Å². The second kappa shape index (κ2) is 3.16. The van der Waals surface area contributed by atoms with Crippen LogP contribution in [0.15, 0.2) is 33.5 Å². The van der Waals surface area contributed by atoms with E-state index in [2.05, 4.69) is 0 Å². The van der Waals surface area contributed by atoms with E-state index in [1.165, 1.54) is 0 Å². The van der Waals surface area contributed by atoms with Crippen molar-refractivity contribution in [2.75, 3.05) is 5.73 Å². The number of nitrogen functional groups attached to an aromatic ring is 1. The summed E-state index contributed by atoms with van der Waals surface area (Å²) in [6.45, 7) is -0.317. The maximum absolute atomic E-state index is 11.2. The quantitative estimate of drug-likeness (QED) is 0.518. The van der Waals surface area contributed by atoms with Crippen molar-refractivity contribution < 1.29 is 9.52 Å². The predicted molar refractivity (Wildman–Crippen MR) is 52.8 cm³/mol. The molecule has 2 aromatic rings. The van der Waals surface area contributed by atoms with E-state index in [0.717, 1.165) is 5.39 Å². The molecule has 0 fully saturated rings. The van der Waals surface area contributed by atoms with E-state index in [4.69, 9.17) is 15.3 Å². The molecular weight excluding hydrogens is 182 g/mol. The molecule has 0 amide bonds. The van der Waals surface area contributed by atoms with Crippen molar-refractivity contribution in [1.29, 1.82) is 0 Å². The molecule has 0 atom stereocenters. The van der Waals surface area contributed by atoms with Crippen molar-refractivity contribution in [3.8, 4) is 0 Å². The molecule has 0 bridgehead atoms. The second-order valence-corrected chi connectivity index (χ2v) is 3.01. The summed E-state index contributed by atoms with van der Waals surface area (Å²) >= 11 is 0. The number of nitrogens with two attached hydrogens (primary N) is 1. The summed E-state index contributed by atoms with van der Waals surface area (Å²) in [6.07, 6.45) is 0. The predicted octanol–water partition coefficient (Wildman–Crippen LogP) is 0.867. The minimum Gasteiger partial charge on any atom is -0.422 e. The summed E-state index contributed by atoms with van der Waals surface area (Å²) < 4.78 is 4.97. The first-order valence-corrected chi connectivity index (χ1v) is 4.14. The second-order valence-electron chi connectivity index (χ2n) is 3.01. The molecule has 0 aliphatic rings. The number of fused-ring (bicyclic) bond motifs is 1. The lowest BCUT2D eigenvalue weighted by atomic mass is 10.2. The SMILES string of the molecule is Nc1ccc2cc(CO)c(=O)oc2c1. The van der Waals surface area contributed by atoms with Crippen LogP contribution in [-0.2, 0) is 6.61 Å². The Morgan fingerprint density at radius 3 is 2.86 bits per heavy atom. The summed E-state index contributed by atoms with van der Waals surface area (Å²) in [7, 11) is 0. The Labute approximate surface area is 79.6 Å². The molecule has 0 unspecified atom stereocenters. The van der Waals surface area contributed by atoms with Gasteiger partial charge in [0.15, 0.2) is 0 Å². The van der Waals surface area contributed by atoms with Crippen LogP contribution < -0.4 is 11.4 Å². The highest BCUT2D eigenvalue weighted by molar-refractivity contribution is 5.80. The number of hydrogen-bond donors (Lipinski definition) is 2. The van der Waals surface area contributed by atoms with Gasteiger partial charge < -0.3 is 15.3 Å². The summed E-state index contributed by atoms with van der Waals surface area (Å²) in [5.74, 6) is 0. The average Bonchev–Trinajstić information content (AvgIpc) is 2.16. The lowest BCUT2D eigenvalue weighted by molar-refractivity contribution is 0.276. The van der Waals surface area contributed by atoms with Crippen molar-refractivity contribution in [2.45, 2.75) is 6.61 Å². The van der Waals surface area contributed by atoms with Gasteiger partial charge in [-0.15, -0.1) is 0 Å². The number of rotatable bonds is 1. The topological polar surface area (TPSA) is 76.5 Å². The fourth-order valence-corrected chi connectivity index (χ4v) is 1.28. The van der Waals surface area contributed by atoms with Gasteiger partial charge in [0.05, 0.1) is 12.2 Å². The summed E-state index contributed by atoms with van der Waals surface area (Å²) in [5.41, 5.74) is 6.24. The lowest BCUT2D eigenvalue weighted by Crippen LogP contribution is -2.06. The Bertz CT molecular complexity index is 530. The minimum atomic E-state index is -0.523. The zero-order valence-electron chi connectivity index (χ0n) is 7.36. The average molecular weight is 191 g/mol. The summed E-state index contributed by atoms with van der Waals surface area (Å²) in [6, 6.07) is 6.63. The highest BCUT2D eigenvalue weighted by atomic mass is 16.4. The Kier molecular flexibility index (Phi) is 1.98. The third-order valence-corrected chi connectivity index (χ3v) is 2.00. The zero-order chi connectivity index (χ0) is 10.1. The Hall–Kier alpha value is -1.81. The number of hydrogen-bond acceptors (Lipinski definition) is 4. The molecule has 0 saturated heterocycles. The fourth-order valence-electron chi connectivity index (χ4n) is 1.28. The van der Waals surface area contributed by atoms with E-state index in [1.807, 2.05) is 0 Å². The van der Waals surface area contributed by atoms with Gasteiger partial charge in [-0.25, -0.2) is 4.79 Å². The van der Waals surface area contributed by atoms with E-state index in [-0.39, 0.29) is 12.2 Å². The molecule has 0 aliphatic carbocycles. The molecule has 4 nitrogen and oxygen atoms in total. The maximum atomic E-state index is 11.2. The van der Waals surface area contributed by atoms with Gasteiger partial charge in [0.1, 0.15) is 5.58 Å². The van der Waals surface area contributed by atoms with Crippen molar-refractivity contribution >= 4 is 16.7 Å². The molecule has 0 aliphatic heterocycles. The molecule has 72 valence electrons. The van der Waals surface area contributed by atoms with Gasteiger partial charge in [-0.1, -0.05) is 0 Å². The van der Waals surface area contributed by atoms with E-state index < -0.39 is 5.63 Å². The normalized spacial score (nSPS) is 10.6. The monoisotopic (exact) mass is 191 g/mol. The van der Waals surface area contributed by atoms with Gasteiger partial charge >= 0.3 is 5.63 Å². The smallest absolute Gasteiger partial charge is 0.341 e. The third-order valence-electron chi connectivity index (χ3n) is 2.00. The van der Waals surface area contributed by atoms with E-state index in [9.17, 15) is 4.79 Å². The van der Waals surface area contributed by atoms with Gasteiger partial charge in [-0.2, -0.15) is 0 Å². The number of benzene rings is 1. The van der Waals surface area contributed by atoms with Crippen LogP contribution in [0, 0.1) is 0 Å². The van der Waals surface area contributed by atoms with Crippen LogP contribution in [0.1, 0.15) is 5.56 Å². The summed E-state index contributed by atoms with van der Waals surface area (Å²) in [4.78, 5) is 11.2. The van der Waals surface area contributed by atoms with Crippen molar-refractivity contribution in [1.82, 2.24) is 0 Å². The number of anilines is 1. The molecule has 1 aromatic carbocycles. The van der Waals surface area contributed by atoms with Crippen LogP contribution in [0.2, 0.25) is 0 Å². The van der Waals surface area contributed by atoms with Crippen molar-refractivity contribution in [3.05, 3.63) is 40.2 Å². The lowest BCUT2D eigenvalue weighted by Gasteiger charge is -1.99. The molecule has 0 spiro atoms. The van der Waals surface area contributed by atoms with Gasteiger partial charge in [-0.05, 0) is 18.2 Å². The molecule has 3 N–H and O–H groups in total. The molecule has 2 rings (SSSR count). The molecule has 4 heteroatoms. The first kappa shape index (κ1) is 8.77. The summed E-state index contributed by atoms with van der Waals surface area (Å²) in [5, 5.41) is 9.60. The van der Waals surface area contributed by atoms with Gasteiger partial charge in [0.25, 0.3) is 0 Å². The third kappa shape index (κ3) is 1.36. The largest absolute Gasteiger partial charge is 0.422 e. The molecule has 1 aromatic heterocycles. The van der Waals surface area contributed by atoms with Crippen LogP contribution in [0.3, 0.4) is 0 Å². The van der Waals surface area contributed by atoms with E-state index in [0.29, 0.717) is 11.3 Å². The maximum Gasteiger partial charge on any atom is 0.341 e. The van der Waals surface area contributed by atoms with Crippen LogP contribution in [0.5, 0.6) is 0 Å². The standard InChI is InChI=1S/C10H9NO3/c11-8-2-1-6-3-7(5-12)10(13)14-9(6)4-8/h1-4,12H,5,11H2. The van der Waals surface area contributed by atoms with Crippen molar-refractivity contribution in [3.63, 3.8) is 0 Å². The van der Waals surface area contributed by atoms with Gasteiger partial charge in [0, 0.05) is 17.1 Å². The van der Waals surface area contributed by atoms with Crippen LogP contribution >= 0.6 is 0 Å². The van der Waals surface area contributed by atoms with Gasteiger partial charge in [0.2, 0.25) is 0 Å². The first-order chi connectivity index (χ1) is 6.70. The Morgan fingerprint density at radius 1 is 1.36 bits per heavy atom. The number of aliphatic hydroxyl groups is 1. The molecule has 0 radical (unpaired) electrons. The minimum absolute atomic E-state index is 0.252. The van der Waals surface area contributed by atoms with Crippen LogP contribution in [0.25, 0.3) is 11.0 Å². The number of aliphatic hydroxyl groups excluding tert-OH is 1. The first-order valence-electron chi connectivity index (χ1n) is 4.14. The Morgan fingerprint density at radius 2 is 2.14 bits per heavy atom. The van der Waals surface area contributed by atoms with E-state index >= 15 is 0 Å². The fraction of sp³-hybridized carbons (Fsp3) is 0.100. The highest BCUT2D eigenvalue weighted by Crippen LogP contribution is 2.16. The molecule has 14 heavy (non-hydrogen) atoms. The van der Waals surface area contributed by atoms with Crippen molar-refractivity contribution in [2.24, 2.45) is 0 Å². The van der Waals surface area contributed by atoms with Crippen LogP contribution in [-0.4, -0.2) is 5.11 Å².